The van der Waals surface area contributed by atoms with Crippen molar-refractivity contribution in [2.24, 2.45) is 0 Å². The van der Waals surface area contributed by atoms with E-state index in [1.807, 2.05) is 0 Å². The summed E-state index contributed by atoms with van der Waals surface area (Å²) < 4.78 is 20.3. The molecule has 1 unspecified atom stereocenters. The number of halogens is 2. The molecule has 0 radical (unpaired) electrons. The van der Waals surface area contributed by atoms with Gasteiger partial charge in [-0.3, -0.25) is 4.98 Å². The van der Waals surface area contributed by atoms with Gasteiger partial charge >= 0.3 is 0 Å². The summed E-state index contributed by atoms with van der Waals surface area (Å²) in [6.45, 7) is 2.78. The van der Waals surface area contributed by atoms with E-state index in [4.69, 9.17) is 4.74 Å². The third-order valence-electron chi connectivity index (χ3n) is 3.03. The fourth-order valence-electron chi connectivity index (χ4n) is 2.07. The number of ether oxygens (including phenoxy) is 1. The molecule has 1 N–H and O–H groups in total. The smallest absolute Gasteiger partial charge is 0.237 e. The molecule has 0 spiro atoms. The highest BCUT2D eigenvalue weighted by molar-refractivity contribution is 9.10. The summed E-state index contributed by atoms with van der Waals surface area (Å²) in [4.78, 5) is 8.46. The highest BCUT2D eigenvalue weighted by Crippen LogP contribution is 2.29. The van der Waals surface area contributed by atoms with E-state index < -0.39 is 6.04 Å². The lowest BCUT2D eigenvalue weighted by atomic mass is 10.0. The topological polar surface area (TPSA) is 47.0 Å². The van der Waals surface area contributed by atoms with E-state index in [0.717, 1.165) is 17.4 Å². The van der Waals surface area contributed by atoms with Crippen LogP contribution in [0.4, 0.5) is 4.39 Å². The molecule has 1 atom stereocenters. The monoisotopic (exact) mass is 353 g/mol. The molecule has 2 rings (SSSR count). The lowest BCUT2D eigenvalue weighted by Crippen LogP contribution is -2.25. The zero-order valence-electron chi connectivity index (χ0n) is 11.9. The number of nitrogens with one attached hydrogen (secondary N) is 1. The molecule has 1 aromatic carbocycles. The van der Waals surface area contributed by atoms with Crippen molar-refractivity contribution in [2.45, 2.75) is 19.4 Å². The first kappa shape index (κ1) is 15.9. The molecule has 112 valence electrons. The molecule has 21 heavy (non-hydrogen) atoms. The molecule has 0 aliphatic carbocycles. The van der Waals surface area contributed by atoms with Crippen LogP contribution in [0.1, 0.15) is 30.6 Å². The van der Waals surface area contributed by atoms with Crippen molar-refractivity contribution < 1.29 is 9.13 Å². The van der Waals surface area contributed by atoms with Gasteiger partial charge < -0.3 is 10.1 Å². The van der Waals surface area contributed by atoms with Gasteiger partial charge in [0.25, 0.3) is 0 Å². The Morgan fingerprint density at radius 1 is 1.33 bits per heavy atom. The maximum atomic E-state index is 14.2. The molecule has 0 amide bonds. The molecule has 0 saturated carbocycles. The van der Waals surface area contributed by atoms with Crippen LogP contribution in [0.3, 0.4) is 0 Å². The van der Waals surface area contributed by atoms with Crippen LogP contribution >= 0.6 is 15.9 Å². The van der Waals surface area contributed by atoms with Crippen LogP contribution in [-0.4, -0.2) is 23.6 Å². The van der Waals surface area contributed by atoms with E-state index in [1.54, 1.807) is 24.5 Å². The van der Waals surface area contributed by atoms with Crippen LogP contribution < -0.4 is 10.1 Å². The zero-order chi connectivity index (χ0) is 15.2. The van der Waals surface area contributed by atoms with Crippen LogP contribution in [0.25, 0.3) is 0 Å². The summed E-state index contributed by atoms with van der Waals surface area (Å²) in [6, 6.07) is 4.44. The highest BCUT2D eigenvalue weighted by atomic mass is 79.9. The second-order valence-electron chi connectivity index (χ2n) is 4.50. The van der Waals surface area contributed by atoms with Crippen LogP contribution in [0.15, 0.2) is 35.1 Å². The van der Waals surface area contributed by atoms with Crippen molar-refractivity contribution in [3.8, 4) is 5.88 Å². The fourth-order valence-corrected chi connectivity index (χ4v) is 2.45. The number of nitrogens with zero attached hydrogens (tertiary/aromatic N) is 2. The van der Waals surface area contributed by atoms with E-state index >= 15 is 0 Å². The summed E-state index contributed by atoms with van der Waals surface area (Å²) in [5.74, 6) is 0.102. The second kappa shape index (κ2) is 7.47. The van der Waals surface area contributed by atoms with Gasteiger partial charge in [0, 0.05) is 22.4 Å². The highest BCUT2D eigenvalue weighted by Gasteiger charge is 2.23. The van der Waals surface area contributed by atoms with Gasteiger partial charge in [-0.05, 0) is 31.2 Å². The fraction of sp³-hybridized carbons (Fsp3) is 0.333. The molecule has 1 aromatic heterocycles. The summed E-state index contributed by atoms with van der Waals surface area (Å²) in [5.41, 5.74) is 1.09. The zero-order valence-corrected chi connectivity index (χ0v) is 13.5. The molecule has 6 heteroatoms. The maximum Gasteiger partial charge on any atom is 0.237 e. The molecule has 0 fully saturated rings. The van der Waals surface area contributed by atoms with Crippen molar-refractivity contribution in [1.82, 2.24) is 15.3 Å². The van der Waals surface area contributed by atoms with Gasteiger partial charge in [-0.1, -0.05) is 22.9 Å². The molecule has 0 bridgehead atoms. The summed E-state index contributed by atoms with van der Waals surface area (Å²) >= 11 is 3.38. The number of hydrogen-bond acceptors (Lipinski definition) is 4. The molecular weight excluding hydrogens is 337 g/mol. The predicted octanol–water partition coefficient (Wildman–Crippen LogP) is 3.48. The normalized spacial score (nSPS) is 12.2. The summed E-state index contributed by atoms with van der Waals surface area (Å²) in [7, 11) is 1.53. The number of aromatic nitrogens is 2. The van der Waals surface area contributed by atoms with E-state index in [9.17, 15) is 4.39 Å². The number of methoxy groups -OCH3 is 1. The Morgan fingerprint density at radius 2 is 2.10 bits per heavy atom. The Kier molecular flexibility index (Phi) is 5.64. The van der Waals surface area contributed by atoms with E-state index in [2.05, 4.69) is 38.1 Å². The van der Waals surface area contributed by atoms with Crippen molar-refractivity contribution >= 4 is 15.9 Å². The second-order valence-corrected chi connectivity index (χ2v) is 5.42. The molecule has 0 aliphatic rings. The minimum absolute atomic E-state index is 0.292. The van der Waals surface area contributed by atoms with Crippen molar-refractivity contribution in [3.63, 3.8) is 0 Å². The molecule has 2 aromatic rings. The third-order valence-corrected chi connectivity index (χ3v) is 3.52. The Bertz CT molecular complexity index is 609. The van der Waals surface area contributed by atoms with Crippen molar-refractivity contribution in [3.05, 3.63) is 52.1 Å². The van der Waals surface area contributed by atoms with Crippen LogP contribution in [0.2, 0.25) is 0 Å². The quantitative estimate of drug-likeness (QED) is 0.863. The van der Waals surface area contributed by atoms with Gasteiger partial charge in [0.15, 0.2) is 0 Å². The van der Waals surface area contributed by atoms with E-state index in [0.29, 0.717) is 17.1 Å². The minimum atomic E-state index is -0.411. The Balaban J connectivity index is 2.49. The average molecular weight is 354 g/mol. The van der Waals surface area contributed by atoms with Crippen molar-refractivity contribution in [2.75, 3.05) is 13.7 Å². The molecule has 0 aliphatic heterocycles. The Hall–Kier alpha value is -1.53. The van der Waals surface area contributed by atoms with Gasteiger partial charge in [0.05, 0.1) is 13.2 Å². The Morgan fingerprint density at radius 3 is 2.81 bits per heavy atom. The van der Waals surface area contributed by atoms with Crippen LogP contribution in [-0.2, 0) is 0 Å². The van der Waals surface area contributed by atoms with Crippen molar-refractivity contribution in [1.29, 1.82) is 0 Å². The first-order valence-corrected chi connectivity index (χ1v) is 7.49. The molecule has 1 heterocycles. The predicted molar refractivity (Wildman–Crippen MR) is 82.8 cm³/mol. The van der Waals surface area contributed by atoms with Gasteiger partial charge in [0.2, 0.25) is 5.88 Å². The number of hydrogen-bond donors (Lipinski definition) is 1. The Labute approximate surface area is 131 Å². The lowest BCUT2D eigenvalue weighted by Gasteiger charge is -2.20. The summed E-state index contributed by atoms with van der Waals surface area (Å²) in [5, 5.41) is 3.30. The van der Waals surface area contributed by atoms with Gasteiger partial charge in [-0.2, -0.15) is 0 Å². The van der Waals surface area contributed by atoms with E-state index in [1.165, 1.54) is 13.2 Å². The lowest BCUT2D eigenvalue weighted by molar-refractivity contribution is 0.381. The van der Waals surface area contributed by atoms with Gasteiger partial charge in [0.1, 0.15) is 11.5 Å². The maximum absolute atomic E-state index is 14.2. The summed E-state index contributed by atoms with van der Waals surface area (Å²) in [6.07, 6.45) is 4.06. The standard InChI is InChI=1S/C15H17BrFN3O/c1-3-6-18-13(11-9-10(16)4-5-12(11)17)14-15(21-2)20-8-7-19-14/h4-5,7-9,13,18H,3,6H2,1-2H3. The third kappa shape index (κ3) is 3.77. The minimum Gasteiger partial charge on any atom is -0.480 e. The van der Waals surface area contributed by atoms with Gasteiger partial charge in [-0.25, -0.2) is 9.37 Å². The first-order chi connectivity index (χ1) is 10.2. The average Bonchev–Trinajstić information content (AvgIpc) is 2.51. The number of benzene rings is 1. The van der Waals surface area contributed by atoms with Crippen LogP contribution in [0, 0.1) is 5.82 Å². The van der Waals surface area contributed by atoms with Gasteiger partial charge in [-0.15, -0.1) is 0 Å². The van der Waals surface area contributed by atoms with Crippen LogP contribution in [0.5, 0.6) is 5.88 Å². The first-order valence-electron chi connectivity index (χ1n) is 6.70. The number of rotatable bonds is 6. The largest absolute Gasteiger partial charge is 0.480 e. The molecular formula is C15H17BrFN3O. The molecule has 4 nitrogen and oxygen atoms in total. The van der Waals surface area contributed by atoms with E-state index in [-0.39, 0.29) is 5.82 Å². The molecule has 0 saturated heterocycles. The SMILES string of the molecule is CCCNC(c1cc(Br)ccc1F)c1nccnc1OC.